The number of rotatable bonds is 5. The molecular weight excluding hydrogens is 274 g/mol. The van der Waals surface area contributed by atoms with E-state index in [0.717, 1.165) is 17.7 Å². The van der Waals surface area contributed by atoms with Crippen molar-refractivity contribution in [1.82, 2.24) is 0 Å². The van der Waals surface area contributed by atoms with Crippen LogP contribution in [-0.4, -0.2) is 34.5 Å². The lowest BCUT2D eigenvalue weighted by molar-refractivity contribution is 0.126. The average molecular weight is 297 g/mol. The summed E-state index contributed by atoms with van der Waals surface area (Å²) in [7, 11) is 0.644. The molecule has 0 spiro atoms. The van der Waals surface area contributed by atoms with Crippen molar-refractivity contribution in [3.63, 3.8) is 0 Å². The topological polar surface area (TPSA) is 61.5 Å². The second kappa shape index (κ2) is 6.70. The second-order valence-corrected chi connectivity index (χ2v) is 7.24. The highest BCUT2D eigenvalue weighted by Crippen LogP contribution is 2.27. The van der Waals surface area contributed by atoms with E-state index in [1.54, 1.807) is 7.11 Å². The Labute approximate surface area is 123 Å². The average Bonchev–Trinajstić information content (AvgIpc) is 2.91. The van der Waals surface area contributed by atoms with Crippen molar-refractivity contribution in [2.75, 3.05) is 13.7 Å². The van der Waals surface area contributed by atoms with Gasteiger partial charge >= 0.3 is 0 Å². The quantitative estimate of drug-likeness (QED) is 0.903. The maximum atomic E-state index is 12.6. The molecule has 4 nitrogen and oxygen atoms in total. The first kappa shape index (κ1) is 15.5. The fraction of sp³-hybridized carbons (Fsp3) is 0.600. The second-order valence-electron chi connectivity index (χ2n) is 5.24. The van der Waals surface area contributed by atoms with Gasteiger partial charge in [-0.15, -0.1) is 0 Å². The molecule has 0 amide bonds. The SMILES string of the molecule is COc1ccc(C(N)C(C)S(=O)C2CCOC2C)cc1. The van der Waals surface area contributed by atoms with Gasteiger partial charge in [0.05, 0.1) is 23.7 Å². The third-order valence-corrected chi connectivity index (χ3v) is 6.22. The molecule has 1 heterocycles. The molecule has 0 aliphatic carbocycles. The molecule has 0 bridgehead atoms. The van der Waals surface area contributed by atoms with E-state index >= 15 is 0 Å². The minimum atomic E-state index is -0.989. The molecule has 1 aromatic rings. The summed E-state index contributed by atoms with van der Waals surface area (Å²) in [6.45, 7) is 4.64. The van der Waals surface area contributed by atoms with Gasteiger partial charge in [0, 0.05) is 23.4 Å². The highest BCUT2D eigenvalue weighted by molar-refractivity contribution is 7.86. The summed E-state index contributed by atoms with van der Waals surface area (Å²) in [5.41, 5.74) is 7.25. The summed E-state index contributed by atoms with van der Waals surface area (Å²) >= 11 is 0. The highest BCUT2D eigenvalue weighted by atomic mass is 32.2. The highest BCUT2D eigenvalue weighted by Gasteiger charge is 2.34. The molecule has 1 aromatic carbocycles. The van der Waals surface area contributed by atoms with Gasteiger partial charge < -0.3 is 15.2 Å². The Hall–Kier alpha value is -0.910. The predicted octanol–water partition coefficient (Wildman–Crippen LogP) is 2.01. The minimum Gasteiger partial charge on any atom is -0.497 e. The van der Waals surface area contributed by atoms with Gasteiger partial charge in [-0.1, -0.05) is 12.1 Å². The summed E-state index contributed by atoms with van der Waals surface area (Å²) in [5, 5.41) is -0.00755. The van der Waals surface area contributed by atoms with Crippen LogP contribution >= 0.6 is 0 Å². The van der Waals surface area contributed by atoms with Crippen LogP contribution < -0.4 is 10.5 Å². The maximum absolute atomic E-state index is 12.6. The van der Waals surface area contributed by atoms with E-state index in [9.17, 15) is 4.21 Å². The van der Waals surface area contributed by atoms with Crippen LogP contribution in [0.25, 0.3) is 0 Å². The van der Waals surface area contributed by atoms with Crippen molar-refractivity contribution in [3.8, 4) is 5.75 Å². The Kier molecular flexibility index (Phi) is 5.18. The number of nitrogens with two attached hydrogens (primary N) is 1. The molecule has 5 atom stereocenters. The molecule has 2 N–H and O–H groups in total. The summed E-state index contributed by atoms with van der Waals surface area (Å²) < 4.78 is 23.3. The Balaban J connectivity index is 2.06. The number of hydrogen-bond donors (Lipinski definition) is 1. The number of hydrogen-bond acceptors (Lipinski definition) is 4. The lowest BCUT2D eigenvalue weighted by atomic mass is 10.1. The van der Waals surface area contributed by atoms with E-state index in [4.69, 9.17) is 15.2 Å². The summed E-state index contributed by atoms with van der Waals surface area (Å²) in [6, 6.07) is 7.39. The molecule has 1 aliphatic rings. The van der Waals surface area contributed by atoms with Crippen molar-refractivity contribution >= 4 is 10.8 Å². The molecule has 0 aromatic heterocycles. The summed E-state index contributed by atoms with van der Waals surface area (Å²) in [5.74, 6) is 0.799. The molecule has 1 aliphatic heterocycles. The Morgan fingerprint density at radius 3 is 2.55 bits per heavy atom. The molecule has 112 valence electrons. The van der Waals surface area contributed by atoms with Crippen LogP contribution in [0.3, 0.4) is 0 Å². The zero-order valence-electron chi connectivity index (χ0n) is 12.2. The molecule has 1 fully saturated rings. The van der Waals surface area contributed by atoms with E-state index in [1.807, 2.05) is 38.1 Å². The zero-order chi connectivity index (χ0) is 14.7. The molecule has 0 radical (unpaired) electrons. The van der Waals surface area contributed by atoms with Gasteiger partial charge in [0.25, 0.3) is 0 Å². The number of methoxy groups -OCH3 is 1. The molecule has 0 saturated carbocycles. The zero-order valence-corrected chi connectivity index (χ0v) is 13.1. The lowest BCUT2D eigenvalue weighted by Gasteiger charge is -2.24. The van der Waals surface area contributed by atoms with Crippen LogP contribution in [-0.2, 0) is 15.5 Å². The third kappa shape index (κ3) is 3.22. The molecule has 20 heavy (non-hydrogen) atoms. The van der Waals surface area contributed by atoms with E-state index in [0.29, 0.717) is 6.61 Å². The maximum Gasteiger partial charge on any atom is 0.118 e. The van der Waals surface area contributed by atoms with Gasteiger partial charge in [-0.3, -0.25) is 4.21 Å². The van der Waals surface area contributed by atoms with Crippen molar-refractivity contribution in [1.29, 1.82) is 0 Å². The first-order valence-corrected chi connectivity index (χ1v) is 8.22. The monoisotopic (exact) mass is 297 g/mol. The fourth-order valence-electron chi connectivity index (χ4n) is 2.53. The van der Waals surface area contributed by atoms with Crippen molar-refractivity contribution < 1.29 is 13.7 Å². The van der Waals surface area contributed by atoms with Crippen LogP contribution in [0, 0.1) is 0 Å². The van der Waals surface area contributed by atoms with Gasteiger partial charge in [-0.05, 0) is 38.0 Å². The first-order chi connectivity index (χ1) is 9.54. The molecule has 5 heteroatoms. The predicted molar refractivity (Wildman–Crippen MR) is 81.3 cm³/mol. The summed E-state index contributed by atoms with van der Waals surface area (Å²) in [4.78, 5) is 0. The van der Waals surface area contributed by atoms with E-state index in [2.05, 4.69) is 0 Å². The van der Waals surface area contributed by atoms with Gasteiger partial charge in [0.2, 0.25) is 0 Å². The molecule has 1 saturated heterocycles. The third-order valence-electron chi connectivity index (χ3n) is 3.98. The lowest BCUT2D eigenvalue weighted by Crippen LogP contribution is -2.36. The van der Waals surface area contributed by atoms with Gasteiger partial charge in [0.15, 0.2) is 0 Å². The largest absolute Gasteiger partial charge is 0.497 e. The van der Waals surface area contributed by atoms with Gasteiger partial charge in [0.1, 0.15) is 5.75 Å². The standard InChI is InChI=1S/C15H23NO3S/c1-10-14(8-9-19-10)20(17)11(2)15(16)12-4-6-13(18-3)7-5-12/h4-7,10-11,14-15H,8-9,16H2,1-3H3. The first-order valence-electron chi connectivity index (χ1n) is 6.95. The van der Waals surface area contributed by atoms with Crippen LogP contribution in [0.1, 0.15) is 31.9 Å². The Morgan fingerprint density at radius 1 is 1.40 bits per heavy atom. The van der Waals surface area contributed by atoms with Crippen molar-refractivity contribution in [2.45, 2.75) is 42.9 Å². The number of benzene rings is 1. The van der Waals surface area contributed by atoms with Crippen LogP contribution in [0.5, 0.6) is 5.75 Å². The minimum absolute atomic E-state index is 0.0568. The number of ether oxygens (including phenoxy) is 2. The molecular formula is C15H23NO3S. The normalized spacial score (nSPS) is 27.0. The van der Waals surface area contributed by atoms with Crippen LogP contribution in [0.4, 0.5) is 0 Å². The summed E-state index contributed by atoms with van der Waals surface area (Å²) in [6.07, 6.45) is 0.911. The molecule has 5 unspecified atom stereocenters. The van der Waals surface area contributed by atoms with Crippen molar-refractivity contribution in [3.05, 3.63) is 29.8 Å². The van der Waals surface area contributed by atoms with E-state index in [-0.39, 0.29) is 22.6 Å². The molecule has 2 rings (SSSR count). The Bertz CT molecular complexity index is 463. The smallest absolute Gasteiger partial charge is 0.118 e. The van der Waals surface area contributed by atoms with Crippen molar-refractivity contribution in [2.24, 2.45) is 5.73 Å². The van der Waals surface area contributed by atoms with Crippen LogP contribution in [0.2, 0.25) is 0 Å². The van der Waals surface area contributed by atoms with Gasteiger partial charge in [-0.25, -0.2) is 0 Å². The fourth-order valence-corrected chi connectivity index (χ4v) is 4.32. The van der Waals surface area contributed by atoms with E-state index in [1.165, 1.54) is 0 Å². The van der Waals surface area contributed by atoms with E-state index < -0.39 is 10.8 Å². The van der Waals surface area contributed by atoms with Crippen LogP contribution in [0.15, 0.2) is 24.3 Å². The Morgan fingerprint density at radius 2 is 2.05 bits per heavy atom. The van der Waals surface area contributed by atoms with Gasteiger partial charge in [-0.2, -0.15) is 0 Å².